The summed E-state index contributed by atoms with van der Waals surface area (Å²) < 4.78 is 1.68. The van der Waals surface area contributed by atoms with Crippen molar-refractivity contribution in [2.75, 3.05) is 0 Å². The van der Waals surface area contributed by atoms with Gasteiger partial charge in [-0.05, 0) is 24.6 Å². The van der Waals surface area contributed by atoms with Gasteiger partial charge in [-0.25, -0.2) is 4.98 Å². The molecule has 5 heteroatoms. The number of carbonyl (C=O) groups is 1. The number of aryl methyl sites for hydroxylation is 2. The SMILES string of the molecule is Cc1ccnc(CNC(=O)c2cncn2C)c1. The van der Waals surface area contributed by atoms with Gasteiger partial charge in [-0.2, -0.15) is 0 Å². The summed E-state index contributed by atoms with van der Waals surface area (Å²) >= 11 is 0. The van der Waals surface area contributed by atoms with Crippen LogP contribution in [0.4, 0.5) is 0 Å². The van der Waals surface area contributed by atoms with Crippen molar-refractivity contribution in [3.63, 3.8) is 0 Å². The molecule has 0 aliphatic rings. The Bertz CT molecular complexity index is 533. The number of hydrogen-bond acceptors (Lipinski definition) is 3. The van der Waals surface area contributed by atoms with Crippen LogP contribution in [-0.2, 0) is 13.6 Å². The Morgan fingerprint density at radius 1 is 1.53 bits per heavy atom. The number of hydrogen-bond donors (Lipinski definition) is 1. The zero-order chi connectivity index (χ0) is 12.3. The zero-order valence-electron chi connectivity index (χ0n) is 9.84. The second-order valence-corrected chi connectivity index (χ2v) is 3.90. The Balaban J connectivity index is 1.99. The van der Waals surface area contributed by atoms with Crippen molar-refractivity contribution in [2.45, 2.75) is 13.5 Å². The van der Waals surface area contributed by atoms with E-state index >= 15 is 0 Å². The molecule has 0 atom stereocenters. The van der Waals surface area contributed by atoms with E-state index in [1.165, 1.54) is 0 Å². The molecule has 0 aliphatic carbocycles. The Morgan fingerprint density at radius 3 is 3.00 bits per heavy atom. The fourth-order valence-electron chi connectivity index (χ4n) is 1.53. The lowest BCUT2D eigenvalue weighted by atomic mass is 10.2. The minimum Gasteiger partial charge on any atom is -0.345 e. The Hall–Kier alpha value is -2.17. The molecule has 1 amide bonds. The lowest BCUT2D eigenvalue weighted by Crippen LogP contribution is -2.25. The molecule has 17 heavy (non-hydrogen) atoms. The third kappa shape index (κ3) is 2.69. The van der Waals surface area contributed by atoms with Crippen molar-refractivity contribution in [3.8, 4) is 0 Å². The highest BCUT2D eigenvalue weighted by atomic mass is 16.1. The van der Waals surface area contributed by atoms with E-state index in [1.807, 2.05) is 19.1 Å². The average Bonchev–Trinajstić information content (AvgIpc) is 2.72. The molecule has 1 N–H and O–H groups in total. The van der Waals surface area contributed by atoms with Crippen LogP contribution >= 0.6 is 0 Å². The minimum absolute atomic E-state index is 0.145. The molecule has 0 unspecified atom stereocenters. The van der Waals surface area contributed by atoms with Crippen molar-refractivity contribution in [1.82, 2.24) is 19.9 Å². The van der Waals surface area contributed by atoms with Gasteiger partial charge in [-0.15, -0.1) is 0 Å². The van der Waals surface area contributed by atoms with Crippen LogP contribution in [-0.4, -0.2) is 20.4 Å². The van der Waals surface area contributed by atoms with Gasteiger partial charge in [0.1, 0.15) is 5.69 Å². The van der Waals surface area contributed by atoms with Gasteiger partial charge in [0.05, 0.1) is 24.8 Å². The molecule has 0 bridgehead atoms. The van der Waals surface area contributed by atoms with Gasteiger partial charge in [-0.1, -0.05) is 0 Å². The summed E-state index contributed by atoms with van der Waals surface area (Å²) in [7, 11) is 1.78. The first kappa shape index (κ1) is 11.3. The molecular weight excluding hydrogens is 216 g/mol. The first-order chi connectivity index (χ1) is 8.16. The summed E-state index contributed by atoms with van der Waals surface area (Å²) in [5, 5.41) is 2.81. The summed E-state index contributed by atoms with van der Waals surface area (Å²) in [6, 6.07) is 3.87. The smallest absolute Gasteiger partial charge is 0.269 e. The zero-order valence-corrected chi connectivity index (χ0v) is 9.84. The van der Waals surface area contributed by atoms with E-state index in [0.717, 1.165) is 11.3 Å². The lowest BCUT2D eigenvalue weighted by Gasteiger charge is -2.05. The van der Waals surface area contributed by atoms with Crippen molar-refractivity contribution in [3.05, 3.63) is 47.8 Å². The van der Waals surface area contributed by atoms with E-state index in [2.05, 4.69) is 15.3 Å². The van der Waals surface area contributed by atoms with Crippen LogP contribution in [0.25, 0.3) is 0 Å². The van der Waals surface area contributed by atoms with Gasteiger partial charge < -0.3 is 9.88 Å². The fraction of sp³-hybridized carbons (Fsp3) is 0.250. The van der Waals surface area contributed by atoms with E-state index in [4.69, 9.17) is 0 Å². The first-order valence-corrected chi connectivity index (χ1v) is 5.33. The largest absolute Gasteiger partial charge is 0.345 e. The van der Waals surface area contributed by atoms with Gasteiger partial charge >= 0.3 is 0 Å². The van der Waals surface area contributed by atoms with Crippen LogP contribution in [0, 0.1) is 6.92 Å². The van der Waals surface area contributed by atoms with Crippen LogP contribution in [0.1, 0.15) is 21.7 Å². The molecule has 2 aromatic rings. The number of nitrogens with one attached hydrogen (secondary N) is 1. The maximum Gasteiger partial charge on any atom is 0.269 e. The van der Waals surface area contributed by atoms with Crippen molar-refractivity contribution in [1.29, 1.82) is 0 Å². The van der Waals surface area contributed by atoms with Gasteiger partial charge in [0.25, 0.3) is 5.91 Å². The second kappa shape index (κ2) is 4.78. The number of carbonyl (C=O) groups excluding carboxylic acids is 1. The van der Waals surface area contributed by atoms with Gasteiger partial charge in [0, 0.05) is 13.2 Å². The Labute approximate surface area is 99.5 Å². The molecular formula is C12H14N4O. The predicted octanol–water partition coefficient (Wildman–Crippen LogP) is 1.05. The van der Waals surface area contributed by atoms with E-state index < -0.39 is 0 Å². The number of aromatic nitrogens is 3. The standard InChI is InChI=1S/C12H14N4O/c1-9-3-4-14-10(5-9)6-15-12(17)11-7-13-8-16(11)2/h3-5,7-8H,6H2,1-2H3,(H,15,17). The summed E-state index contributed by atoms with van der Waals surface area (Å²) in [5.41, 5.74) is 2.52. The van der Waals surface area contributed by atoms with E-state index in [0.29, 0.717) is 12.2 Å². The molecule has 2 heterocycles. The molecule has 0 saturated heterocycles. The molecule has 2 rings (SSSR count). The number of imidazole rings is 1. The summed E-state index contributed by atoms with van der Waals surface area (Å²) in [6.45, 7) is 2.42. The van der Waals surface area contributed by atoms with Crippen LogP contribution in [0.2, 0.25) is 0 Å². The summed E-state index contributed by atoms with van der Waals surface area (Å²) in [6.07, 6.45) is 4.87. The Kier molecular flexibility index (Phi) is 3.18. The van der Waals surface area contributed by atoms with Crippen LogP contribution in [0.5, 0.6) is 0 Å². The molecule has 0 aromatic carbocycles. The van der Waals surface area contributed by atoms with Crippen LogP contribution in [0.3, 0.4) is 0 Å². The number of amides is 1. The summed E-state index contributed by atoms with van der Waals surface area (Å²) in [5.74, 6) is -0.145. The molecule has 0 spiro atoms. The molecule has 2 aromatic heterocycles. The van der Waals surface area contributed by atoms with E-state index in [-0.39, 0.29) is 5.91 Å². The van der Waals surface area contributed by atoms with Crippen molar-refractivity contribution < 1.29 is 4.79 Å². The van der Waals surface area contributed by atoms with E-state index in [9.17, 15) is 4.79 Å². The van der Waals surface area contributed by atoms with Gasteiger partial charge in [0.15, 0.2) is 0 Å². The topological polar surface area (TPSA) is 59.8 Å². The molecule has 5 nitrogen and oxygen atoms in total. The lowest BCUT2D eigenvalue weighted by molar-refractivity contribution is 0.0942. The molecule has 0 aliphatic heterocycles. The molecule has 0 radical (unpaired) electrons. The van der Waals surface area contributed by atoms with E-state index in [1.54, 1.807) is 30.3 Å². The maximum atomic E-state index is 11.8. The van der Waals surface area contributed by atoms with Crippen molar-refractivity contribution in [2.24, 2.45) is 7.05 Å². The minimum atomic E-state index is -0.145. The summed E-state index contributed by atoms with van der Waals surface area (Å²) in [4.78, 5) is 19.9. The molecule has 0 saturated carbocycles. The number of pyridine rings is 1. The van der Waals surface area contributed by atoms with Crippen molar-refractivity contribution >= 4 is 5.91 Å². The first-order valence-electron chi connectivity index (χ1n) is 5.33. The third-order valence-electron chi connectivity index (χ3n) is 2.45. The number of rotatable bonds is 3. The second-order valence-electron chi connectivity index (χ2n) is 3.90. The highest BCUT2D eigenvalue weighted by molar-refractivity contribution is 5.92. The quantitative estimate of drug-likeness (QED) is 0.857. The van der Waals surface area contributed by atoms with Gasteiger partial charge in [0.2, 0.25) is 0 Å². The average molecular weight is 230 g/mol. The normalized spacial score (nSPS) is 10.2. The number of nitrogens with zero attached hydrogens (tertiary/aromatic N) is 3. The van der Waals surface area contributed by atoms with Crippen LogP contribution in [0.15, 0.2) is 30.9 Å². The molecule has 0 fully saturated rings. The predicted molar refractivity (Wildman–Crippen MR) is 63.4 cm³/mol. The highest BCUT2D eigenvalue weighted by Gasteiger charge is 2.09. The highest BCUT2D eigenvalue weighted by Crippen LogP contribution is 2.01. The Morgan fingerprint density at radius 2 is 2.35 bits per heavy atom. The maximum absolute atomic E-state index is 11.8. The molecule has 88 valence electrons. The van der Waals surface area contributed by atoms with Crippen LogP contribution < -0.4 is 5.32 Å². The third-order valence-corrected chi connectivity index (χ3v) is 2.45. The monoisotopic (exact) mass is 230 g/mol. The fourth-order valence-corrected chi connectivity index (χ4v) is 1.53. The van der Waals surface area contributed by atoms with Gasteiger partial charge in [-0.3, -0.25) is 9.78 Å².